The van der Waals surface area contributed by atoms with Crippen molar-refractivity contribution in [3.63, 3.8) is 0 Å². The van der Waals surface area contributed by atoms with E-state index in [9.17, 15) is 13.2 Å². The van der Waals surface area contributed by atoms with Gasteiger partial charge in [-0.05, 0) is 30.9 Å². The van der Waals surface area contributed by atoms with Crippen LogP contribution in [0.15, 0.2) is 48.7 Å². The van der Waals surface area contributed by atoms with Gasteiger partial charge in [0.05, 0.1) is 23.6 Å². The Balaban J connectivity index is 1.53. The van der Waals surface area contributed by atoms with Gasteiger partial charge in [0.25, 0.3) is 0 Å². The summed E-state index contributed by atoms with van der Waals surface area (Å²) in [5.74, 6) is 0.0577. The first-order valence-electron chi connectivity index (χ1n) is 9.89. The first kappa shape index (κ1) is 21.3. The van der Waals surface area contributed by atoms with Crippen LogP contribution in [0.5, 0.6) is 5.88 Å². The van der Waals surface area contributed by atoms with Gasteiger partial charge in [-0.15, -0.1) is 0 Å². The van der Waals surface area contributed by atoms with E-state index < -0.39 is 10.0 Å². The number of ether oxygens (including phenoxy) is 1. The first-order chi connectivity index (χ1) is 14.0. The number of anilines is 1. The van der Waals surface area contributed by atoms with Gasteiger partial charge in [0.15, 0.2) is 0 Å². The lowest BCUT2D eigenvalue weighted by Gasteiger charge is -2.31. The summed E-state index contributed by atoms with van der Waals surface area (Å²) in [6.45, 7) is 2.98. The van der Waals surface area contributed by atoms with E-state index >= 15 is 0 Å². The van der Waals surface area contributed by atoms with Gasteiger partial charge < -0.3 is 10.1 Å². The topological polar surface area (TPSA) is 88.6 Å². The molecule has 156 valence electrons. The van der Waals surface area contributed by atoms with E-state index in [-0.39, 0.29) is 24.1 Å². The number of nitrogens with one attached hydrogen (secondary N) is 1. The van der Waals surface area contributed by atoms with Gasteiger partial charge in [0, 0.05) is 19.2 Å². The van der Waals surface area contributed by atoms with Crippen molar-refractivity contribution in [2.45, 2.75) is 32.8 Å². The molecule has 7 nitrogen and oxygen atoms in total. The van der Waals surface area contributed by atoms with Gasteiger partial charge >= 0.3 is 0 Å². The summed E-state index contributed by atoms with van der Waals surface area (Å²) in [7, 11) is -3.28. The normalized spacial score (nSPS) is 17.6. The molecule has 8 heteroatoms. The Labute approximate surface area is 172 Å². The molecular weight excluding hydrogens is 390 g/mol. The minimum absolute atomic E-state index is 0.121. The summed E-state index contributed by atoms with van der Waals surface area (Å²) >= 11 is 0. The third kappa shape index (κ3) is 6.01. The van der Waals surface area contributed by atoms with Crippen LogP contribution < -0.4 is 10.1 Å². The van der Waals surface area contributed by atoms with E-state index in [0.717, 1.165) is 5.56 Å². The van der Waals surface area contributed by atoms with Crippen molar-refractivity contribution in [1.82, 2.24) is 9.29 Å². The fraction of sp³-hybridized carbons (Fsp3) is 0.429. The molecule has 1 aromatic carbocycles. The van der Waals surface area contributed by atoms with Crippen LogP contribution in [0.25, 0.3) is 0 Å². The molecule has 1 aromatic heterocycles. The summed E-state index contributed by atoms with van der Waals surface area (Å²) in [6.07, 6.45) is 3.48. The van der Waals surface area contributed by atoms with Crippen LogP contribution in [0.3, 0.4) is 0 Å². The Morgan fingerprint density at radius 2 is 2.03 bits per heavy atom. The molecule has 1 aliphatic rings. The van der Waals surface area contributed by atoms with Crippen molar-refractivity contribution in [1.29, 1.82) is 0 Å². The van der Waals surface area contributed by atoms with Gasteiger partial charge in [-0.1, -0.05) is 37.3 Å². The highest BCUT2D eigenvalue weighted by atomic mass is 32.2. The fourth-order valence-electron chi connectivity index (χ4n) is 3.31. The van der Waals surface area contributed by atoms with Gasteiger partial charge in [0.1, 0.15) is 6.61 Å². The predicted molar refractivity (Wildman–Crippen MR) is 112 cm³/mol. The average Bonchev–Trinajstić information content (AvgIpc) is 2.74. The molecule has 1 unspecified atom stereocenters. The monoisotopic (exact) mass is 417 g/mol. The van der Waals surface area contributed by atoms with Gasteiger partial charge in [0.2, 0.25) is 21.8 Å². The van der Waals surface area contributed by atoms with Crippen molar-refractivity contribution in [2.75, 3.05) is 24.2 Å². The molecule has 3 rings (SSSR count). The van der Waals surface area contributed by atoms with E-state index in [1.165, 1.54) is 4.31 Å². The first-order valence-corrected chi connectivity index (χ1v) is 11.5. The quantitative estimate of drug-likeness (QED) is 0.713. The molecule has 2 heterocycles. The fourth-order valence-corrected chi connectivity index (χ4v) is 4.90. The number of amides is 1. The lowest BCUT2D eigenvalue weighted by atomic mass is 9.99. The maximum atomic E-state index is 12.6. The smallest absolute Gasteiger partial charge is 0.228 e. The minimum Gasteiger partial charge on any atom is -0.473 e. The van der Waals surface area contributed by atoms with Crippen molar-refractivity contribution >= 4 is 21.6 Å². The number of carbonyl (C=O) groups is 1. The number of benzene rings is 1. The maximum Gasteiger partial charge on any atom is 0.228 e. The van der Waals surface area contributed by atoms with Crippen LogP contribution in [0.1, 0.15) is 31.7 Å². The standard InChI is InChI=1S/C21H27N3O4S/c1-2-13-29(26,27)24-12-6-9-18(15-24)21(25)23-19-10-11-20(22-14-19)28-16-17-7-4-3-5-8-17/h3-5,7-8,10-11,14,18H,2,6,9,12-13,15-16H2,1H3,(H,23,25). The predicted octanol–water partition coefficient (Wildman–Crippen LogP) is 3.05. The van der Waals surface area contributed by atoms with Crippen molar-refractivity contribution < 1.29 is 17.9 Å². The number of rotatable bonds is 8. The Kier molecular flexibility index (Phi) is 7.22. The summed E-state index contributed by atoms with van der Waals surface area (Å²) in [5.41, 5.74) is 1.61. The Morgan fingerprint density at radius 3 is 2.72 bits per heavy atom. The van der Waals surface area contributed by atoms with Crippen molar-refractivity contribution in [2.24, 2.45) is 5.92 Å². The number of piperidine rings is 1. The zero-order valence-corrected chi connectivity index (χ0v) is 17.4. The van der Waals surface area contributed by atoms with E-state index in [2.05, 4.69) is 10.3 Å². The zero-order chi connectivity index (χ0) is 20.7. The maximum absolute atomic E-state index is 12.6. The second kappa shape index (κ2) is 9.84. The van der Waals surface area contributed by atoms with Crippen LogP contribution in [-0.2, 0) is 21.4 Å². The molecule has 0 spiro atoms. The number of aromatic nitrogens is 1. The number of sulfonamides is 1. The van der Waals surface area contributed by atoms with Crippen LogP contribution in [0.2, 0.25) is 0 Å². The van der Waals surface area contributed by atoms with E-state index in [1.807, 2.05) is 37.3 Å². The molecule has 1 N–H and O–H groups in total. The summed E-state index contributed by atoms with van der Waals surface area (Å²) in [5, 5.41) is 2.84. The number of hydrogen-bond acceptors (Lipinski definition) is 5. The SMILES string of the molecule is CCCS(=O)(=O)N1CCCC(C(=O)Nc2ccc(OCc3ccccc3)nc2)C1. The summed E-state index contributed by atoms with van der Waals surface area (Å²) in [6, 6.07) is 13.2. The zero-order valence-electron chi connectivity index (χ0n) is 16.6. The molecular formula is C21H27N3O4S. The van der Waals surface area contributed by atoms with Crippen LogP contribution in [-0.4, -0.2) is 42.5 Å². The second-order valence-corrected chi connectivity index (χ2v) is 9.25. The van der Waals surface area contributed by atoms with Crippen molar-refractivity contribution in [3.05, 3.63) is 54.2 Å². The number of carbonyl (C=O) groups excluding carboxylic acids is 1. The Bertz CT molecular complexity index is 901. The lowest BCUT2D eigenvalue weighted by molar-refractivity contribution is -0.120. The summed E-state index contributed by atoms with van der Waals surface area (Å²) in [4.78, 5) is 16.8. The van der Waals surface area contributed by atoms with Crippen LogP contribution in [0, 0.1) is 5.92 Å². The minimum atomic E-state index is -3.28. The molecule has 1 amide bonds. The Morgan fingerprint density at radius 1 is 1.24 bits per heavy atom. The highest BCUT2D eigenvalue weighted by Crippen LogP contribution is 2.22. The molecule has 1 fully saturated rings. The van der Waals surface area contributed by atoms with Gasteiger partial charge in [-0.3, -0.25) is 4.79 Å². The average molecular weight is 418 g/mol. The molecule has 1 aliphatic heterocycles. The lowest BCUT2D eigenvalue weighted by Crippen LogP contribution is -2.44. The molecule has 0 bridgehead atoms. The van der Waals surface area contributed by atoms with Gasteiger partial charge in [-0.2, -0.15) is 0 Å². The van der Waals surface area contributed by atoms with Crippen molar-refractivity contribution in [3.8, 4) is 5.88 Å². The van der Waals surface area contributed by atoms with E-state index in [0.29, 0.717) is 44.0 Å². The second-order valence-electron chi connectivity index (χ2n) is 7.16. The summed E-state index contributed by atoms with van der Waals surface area (Å²) < 4.78 is 31.7. The van der Waals surface area contributed by atoms with E-state index in [4.69, 9.17) is 4.74 Å². The van der Waals surface area contributed by atoms with Crippen LogP contribution >= 0.6 is 0 Å². The highest BCUT2D eigenvalue weighted by molar-refractivity contribution is 7.89. The van der Waals surface area contributed by atoms with Crippen LogP contribution in [0.4, 0.5) is 5.69 Å². The third-order valence-electron chi connectivity index (χ3n) is 4.84. The molecule has 2 aromatic rings. The number of hydrogen-bond donors (Lipinski definition) is 1. The molecule has 1 saturated heterocycles. The molecule has 1 atom stereocenters. The highest BCUT2D eigenvalue weighted by Gasteiger charge is 2.31. The largest absolute Gasteiger partial charge is 0.473 e. The molecule has 0 saturated carbocycles. The number of pyridine rings is 1. The molecule has 29 heavy (non-hydrogen) atoms. The molecule has 0 aliphatic carbocycles. The Hall–Kier alpha value is -2.45. The number of nitrogens with zero attached hydrogens (tertiary/aromatic N) is 2. The third-order valence-corrected chi connectivity index (χ3v) is 6.89. The van der Waals surface area contributed by atoms with E-state index in [1.54, 1.807) is 18.3 Å². The molecule has 0 radical (unpaired) electrons. The van der Waals surface area contributed by atoms with Gasteiger partial charge in [-0.25, -0.2) is 17.7 Å².